The third-order valence-electron chi connectivity index (χ3n) is 2.93. The van der Waals surface area contributed by atoms with Crippen LogP contribution in [-0.2, 0) is 0 Å². The van der Waals surface area contributed by atoms with Gasteiger partial charge in [0.15, 0.2) is 0 Å². The zero-order valence-corrected chi connectivity index (χ0v) is 12.4. The molecule has 22 heavy (non-hydrogen) atoms. The van der Waals surface area contributed by atoms with Crippen molar-refractivity contribution in [2.45, 2.75) is 11.4 Å². The Bertz CT molecular complexity index is 810. The van der Waals surface area contributed by atoms with Gasteiger partial charge in [-0.25, -0.2) is 4.98 Å². The van der Waals surface area contributed by atoms with Crippen LogP contribution in [-0.4, -0.2) is 10.7 Å². The molecule has 2 N–H and O–H groups in total. The minimum absolute atomic E-state index is 0.0970. The molecule has 0 radical (unpaired) electrons. The molecule has 2 aromatic rings. The van der Waals surface area contributed by atoms with Crippen molar-refractivity contribution in [1.29, 1.82) is 15.8 Å². The molecule has 1 aromatic heterocycles. The summed E-state index contributed by atoms with van der Waals surface area (Å²) in [5.74, 6) is 0.609. The molecule has 2 rings (SSSR count). The molecule has 0 bridgehead atoms. The maximum Gasteiger partial charge on any atom is 0.143 e. The molecule has 5 nitrogen and oxygen atoms in total. The van der Waals surface area contributed by atoms with Gasteiger partial charge in [0, 0.05) is 17.7 Å². The highest BCUT2D eigenvalue weighted by atomic mass is 32.2. The number of pyridine rings is 1. The Hall–Kier alpha value is -3.01. The number of nitrogen functional groups attached to an aromatic ring is 1. The fourth-order valence-corrected chi connectivity index (χ4v) is 2.83. The highest BCUT2D eigenvalue weighted by Gasteiger charge is 2.20. The molecular formula is C16H11N5S. The average Bonchev–Trinajstić information content (AvgIpc) is 2.55. The lowest BCUT2D eigenvalue weighted by molar-refractivity contribution is 1.11. The summed E-state index contributed by atoms with van der Waals surface area (Å²) in [6.45, 7) is 0. The Balaban J connectivity index is 2.67. The fraction of sp³-hybridized carbons (Fsp3) is 0.125. The molecule has 0 aliphatic heterocycles. The van der Waals surface area contributed by atoms with Crippen molar-refractivity contribution in [3.05, 3.63) is 41.5 Å². The van der Waals surface area contributed by atoms with Crippen molar-refractivity contribution in [1.82, 2.24) is 4.98 Å². The minimum atomic E-state index is 0.0970. The predicted molar refractivity (Wildman–Crippen MR) is 84.5 cm³/mol. The van der Waals surface area contributed by atoms with E-state index in [1.165, 1.54) is 11.8 Å². The van der Waals surface area contributed by atoms with E-state index in [0.717, 1.165) is 5.56 Å². The summed E-state index contributed by atoms with van der Waals surface area (Å²) in [5, 5.41) is 27.9. The third-order valence-corrected chi connectivity index (χ3v) is 3.91. The molecule has 6 heteroatoms. The van der Waals surface area contributed by atoms with Gasteiger partial charge in [0.25, 0.3) is 0 Å². The van der Waals surface area contributed by atoms with Crippen molar-refractivity contribution in [3.63, 3.8) is 0 Å². The van der Waals surface area contributed by atoms with E-state index < -0.39 is 0 Å². The van der Waals surface area contributed by atoms with Crippen LogP contribution in [0, 0.1) is 34.0 Å². The van der Waals surface area contributed by atoms with E-state index in [1.54, 1.807) is 0 Å². The maximum absolute atomic E-state index is 9.51. The van der Waals surface area contributed by atoms with Crippen molar-refractivity contribution in [3.8, 4) is 29.3 Å². The second-order valence-electron chi connectivity index (χ2n) is 4.27. The van der Waals surface area contributed by atoms with E-state index >= 15 is 0 Å². The monoisotopic (exact) mass is 305 g/mol. The number of anilines is 1. The van der Waals surface area contributed by atoms with Crippen molar-refractivity contribution in [2.75, 3.05) is 11.5 Å². The predicted octanol–water partition coefficient (Wildman–Crippen LogP) is 3.08. The van der Waals surface area contributed by atoms with E-state index in [1.807, 2.05) is 42.5 Å². The topological polar surface area (TPSA) is 110 Å². The zero-order valence-electron chi connectivity index (χ0n) is 11.6. The van der Waals surface area contributed by atoms with Crippen LogP contribution in [0.3, 0.4) is 0 Å². The lowest BCUT2D eigenvalue weighted by atomic mass is 9.97. The summed E-state index contributed by atoms with van der Waals surface area (Å²) in [7, 11) is 0. The number of aromatic nitrogens is 1. The zero-order chi connectivity index (χ0) is 15.9. The van der Waals surface area contributed by atoms with Crippen LogP contribution < -0.4 is 5.73 Å². The Morgan fingerprint density at radius 3 is 2.32 bits per heavy atom. The number of benzene rings is 1. The van der Waals surface area contributed by atoms with Gasteiger partial charge in [0.2, 0.25) is 0 Å². The average molecular weight is 305 g/mol. The summed E-state index contributed by atoms with van der Waals surface area (Å²) in [6.07, 6.45) is 0.345. The molecule has 0 aliphatic rings. The van der Waals surface area contributed by atoms with E-state index in [0.29, 0.717) is 28.3 Å². The van der Waals surface area contributed by atoms with Gasteiger partial charge < -0.3 is 5.73 Å². The van der Waals surface area contributed by atoms with Gasteiger partial charge in [-0.2, -0.15) is 15.8 Å². The van der Waals surface area contributed by atoms with Crippen LogP contribution in [0.15, 0.2) is 35.4 Å². The van der Waals surface area contributed by atoms with Crippen molar-refractivity contribution in [2.24, 2.45) is 0 Å². The number of nitriles is 3. The molecule has 106 valence electrons. The first-order valence-electron chi connectivity index (χ1n) is 6.41. The highest BCUT2D eigenvalue weighted by molar-refractivity contribution is 7.99. The summed E-state index contributed by atoms with van der Waals surface area (Å²) in [4.78, 5) is 4.16. The van der Waals surface area contributed by atoms with Crippen LogP contribution in [0.4, 0.5) is 5.82 Å². The maximum atomic E-state index is 9.51. The van der Waals surface area contributed by atoms with Gasteiger partial charge >= 0.3 is 0 Å². The summed E-state index contributed by atoms with van der Waals surface area (Å²) >= 11 is 1.29. The number of rotatable bonds is 4. The minimum Gasteiger partial charge on any atom is -0.383 e. The highest BCUT2D eigenvalue weighted by Crippen LogP contribution is 2.35. The Morgan fingerprint density at radius 1 is 1.05 bits per heavy atom. The quantitative estimate of drug-likeness (QED) is 0.686. The second-order valence-corrected chi connectivity index (χ2v) is 5.36. The largest absolute Gasteiger partial charge is 0.383 e. The van der Waals surface area contributed by atoms with Crippen molar-refractivity contribution < 1.29 is 0 Å². The van der Waals surface area contributed by atoms with Gasteiger partial charge in [-0.15, -0.1) is 11.8 Å². The van der Waals surface area contributed by atoms with Crippen LogP contribution in [0.2, 0.25) is 0 Å². The molecule has 0 fully saturated rings. The lowest BCUT2D eigenvalue weighted by Crippen LogP contribution is -2.03. The van der Waals surface area contributed by atoms with E-state index in [4.69, 9.17) is 11.0 Å². The van der Waals surface area contributed by atoms with E-state index in [2.05, 4.69) is 11.1 Å². The smallest absolute Gasteiger partial charge is 0.143 e. The molecule has 0 spiro atoms. The lowest BCUT2D eigenvalue weighted by Gasteiger charge is -2.12. The Kier molecular flexibility index (Phi) is 4.98. The molecule has 0 saturated heterocycles. The normalized spacial score (nSPS) is 9.50. The number of nitrogens with two attached hydrogens (primary N) is 1. The van der Waals surface area contributed by atoms with E-state index in [9.17, 15) is 10.5 Å². The molecule has 0 aliphatic carbocycles. The summed E-state index contributed by atoms with van der Waals surface area (Å²) in [5.41, 5.74) is 7.64. The molecule has 0 amide bonds. The van der Waals surface area contributed by atoms with Crippen LogP contribution in [0.25, 0.3) is 11.1 Å². The SMILES string of the molecule is N#CCCSc1nc(N)c(C#N)c(-c2ccccc2)c1C#N. The fourth-order valence-electron chi connectivity index (χ4n) is 1.99. The number of thioether (sulfide) groups is 1. The second kappa shape index (κ2) is 7.13. The van der Waals surface area contributed by atoms with Gasteiger partial charge in [-0.1, -0.05) is 30.3 Å². The van der Waals surface area contributed by atoms with E-state index in [-0.39, 0.29) is 11.4 Å². The van der Waals surface area contributed by atoms with Gasteiger partial charge in [-0.3, -0.25) is 0 Å². The number of hydrogen-bond donors (Lipinski definition) is 1. The Labute approximate surface area is 132 Å². The van der Waals surface area contributed by atoms with Crippen LogP contribution in [0.5, 0.6) is 0 Å². The first-order valence-corrected chi connectivity index (χ1v) is 7.40. The number of nitrogens with zero attached hydrogens (tertiary/aromatic N) is 4. The molecule has 1 aromatic carbocycles. The van der Waals surface area contributed by atoms with Gasteiger partial charge in [0.1, 0.15) is 28.5 Å². The molecule has 1 heterocycles. The standard InChI is InChI=1S/C16H11N5S/c17-7-4-8-22-16-13(10-19)14(11-5-2-1-3-6-11)12(9-18)15(20)21-16/h1-3,5-6H,4,8H2,(H2,20,21). The van der Waals surface area contributed by atoms with Crippen LogP contribution >= 0.6 is 11.8 Å². The first kappa shape index (κ1) is 15.4. The summed E-state index contributed by atoms with van der Waals surface area (Å²) in [6, 6.07) is 15.3. The van der Waals surface area contributed by atoms with Gasteiger partial charge in [-0.05, 0) is 5.56 Å². The molecule has 0 atom stereocenters. The van der Waals surface area contributed by atoms with Crippen molar-refractivity contribution >= 4 is 17.6 Å². The summed E-state index contributed by atoms with van der Waals surface area (Å²) < 4.78 is 0. The third kappa shape index (κ3) is 3.01. The van der Waals surface area contributed by atoms with Crippen LogP contribution in [0.1, 0.15) is 17.5 Å². The molecular weight excluding hydrogens is 294 g/mol. The molecule has 0 saturated carbocycles. The first-order chi connectivity index (χ1) is 10.7. The molecule has 0 unspecified atom stereocenters. The number of hydrogen-bond acceptors (Lipinski definition) is 6. The van der Waals surface area contributed by atoms with Gasteiger partial charge in [0.05, 0.1) is 11.6 Å². The Morgan fingerprint density at radius 2 is 1.73 bits per heavy atom.